The molecule has 0 atom stereocenters. The molecule has 98 valence electrons. The fourth-order valence-corrected chi connectivity index (χ4v) is 2.48. The van der Waals surface area contributed by atoms with Crippen molar-refractivity contribution in [1.29, 1.82) is 0 Å². The highest BCUT2D eigenvalue weighted by Crippen LogP contribution is 2.25. The van der Waals surface area contributed by atoms with E-state index in [1.165, 1.54) is 29.5 Å². The number of nitrogen functional groups attached to an aromatic ring is 1. The lowest BCUT2D eigenvalue weighted by Gasteiger charge is -2.08. The van der Waals surface area contributed by atoms with Crippen LogP contribution in [0.25, 0.3) is 0 Å². The highest BCUT2D eigenvalue weighted by atomic mass is 35.5. The lowest BCUT2D eigenvalue weighted by atomic mass is 10.1. The van der Waals surface area contributed by atoms with Gasteiger partial charge in [0.1, 0.15) is 4.88 Å². The topological polar surface area (TPSA) is 92.4 Å². The van der Waals surface area contributed by atoms with E-state index in [9.17, 15) is 9.59 Å². The van der Waals surface area contributed by atoms with Gasteiger partial charge in [-0.3, -0.25) is 4.79 Å². The van der Waals surface area contributed by atoms with E-state index in [1.807, 2.05) is 0 Å². The van der Waals surface area contributed by atoms with Crippen molar-refractivity contribution in [3.8, 4) is 0 Å². The van der Waals surface area contributed by atoms with Crippen LogP contribution >= 0.6 is 22.9 Å². The predicted octanol–water partition coefficient (Wildman–Crippen LogP) is 2.93. The van der Waals surface area contributed by atoms with E-state index in [0.29, 0.717) is 15.6 Å². The number of benzene rings is 1. The fraction of sp³-hybridized carbons (Fsp3) is 0. The number of hydrogen-bond acceptors (Lipinski definition) is 4. The molecule has 0 aliphatic carbocycles. The molecule has 0 aliphatic rings. The summed E-state index contributed by atoms with van der Waals surface area (Å²) in [4.78, 5) is 23.0. The molecule has 4 N–H and O–H groups in total. The van der Waals surface area contributed by atoms with Gasteiger partial charge < -0.3 is 16.2 Å². The molecule has 0 bridgehead atoms. The third kappa shape index (κ3) is 2.86. The van der Waals surface area contributed by atoms with Crippen LogP contribution in [0.5, 0.6) is 0 Å². The third-order valence-corrected chi connectivity index (χ3v) is 3.71. The van der Waals surface area contributed by atoms with Crippen LogP contribution in [-0.4, -0.2) is 17.0 Å². The molecule has 0 saturated carbocycles. The van der Waals surface area contributed by atoms with Crippen molar-refractivity contribution in [2.45, 2.75) is 0 Å². The molecule has 1 heterocycles. The molecule has 2 rings (SSSR count). The molecule has 1 aromatic heterocycles. The summed E-state index contributed by atoms with van der Waals surface area (Å²) < 4.78 is 0. The fourth-order valence-electron chi connectivity index (χ4n) is 1.44. The van der Waals surface area contributed by atoms with Gasteiger partial charge in [-0.1, -0.05) is 11.6 Å². The van der Waals surface area contributed by atoms with E-state index >= 15 is 0 Å². The minimum Gasteiger partial charge on any atom is -0.478 e. The zero-order valence-corrected chi connectivity index (χ0v) is 11.1. The minimum atomic E-state index is -1.08. The number of thiophene rings is 1. The molecule has 5 nitrogen and oxygen atoms in total. The Morgan fingerprint density at radius 2 is 2.05 bits per heavy atom. The number of hydrogen-bond donors (Lipinski definition) is 3. The zero-order chi connectivity index (χ0) is 14.0. The molecule has 7 heteroatoms. The smallest absolute Gasteiger partial charge is 0.335 e. The lowest BCUT2D eigenvalue weighted by molar-refractivity contribution is 0.0697. The Morgan fingerprint density at radius 1 is 1.32 bits per heavy atom. The van der Waals surface area contributed by atoms with Gasteiger partial charge in [-0.25, -0.2) is 4.79 Å². The van der Waals surface area contributed by atoms with Gasteiger partial charge >= 0.3 is 5.97 Å². The number of nitrogens with two attached hydrogens (primary N) is 1. The number of amides is 1. The molecule has 19 heavy (non-hydrogen) atoms. The summed E-state index contributed by atoms with van der Waals surface area (Å²) >= 11 is 7.06. The van der Waals surface area contributed by atoms with Crippen molar-refractivity contribution in [3.63, 3.8) is 0 Å². The number of anilines is 2. The Kier molecular flexibility index (Phi) is 3.73. The first-order valence-electron chi connectivity index (χ1n) is 5.16. The summed E-state index contributed by atoms with van der Waals surface area (Å²) in [5.41, 5.74) is 6.28. The second-order valence-corrected chi connectivity index (χ2v) is 4.98. The molecule has 0 spiro atoms. The largest absolute Gasteiger partial charge is 0.478 e. The summed E-state index contributed by atoms with van der Waals surface area (Å²) in [6.45, 7) is 0. The zero-order valence-electron chi connectivity index (χ0n) is 9.51. The highest BCUT2D eigenvalue weighted by molar-refractivity contribution is 7.12. The van der Waals surface area contributed by atoms with E-state index in [4.69, 9.17) is 22.4 Å². The van der Waals surface area contributed by atoms with Crippen molar-refractivity contribution in [2.75, 3.05) is 11.1 Å². The van der Waals surface area contributed by atoms with Gasteiger partial charge in [-0.2, -0.15) is 0 Å². The maximum absolute atomic E-state index is 11.9. The third-order valence-electron chi connectivity index (χ3n) is 2.37. The Labute approximate surface area is 117 Å². The van der Waals surface area contributed by atoms with Crippen LogP contribution in [0.2, 0.25) is 5.02 Å². The predicted molar refractivity (Wildman–Crippen MR) is 75.1 cm³/mol. The van der Waals surface area contributed by atoms with Gasteiger partial charge in [0, 0.05) is 0 Å². The molecular weight excluding hydrogens is 288 g/mol. The average molecular weight is 297 g/mol. The number of aromatic carboxylic acids is 1. The number of carboxylic acids is 1. The minimum absolute atomic E-state index is 0.0599. The van der Waals surface area contributed by atoms with E-state index in [-0.39, 0.29) is 17.2 Å². The van der Waals surface area contributed by atoms with E-state index in [2.05, 4.69) is 5.32 Å². The summed E-state index contributed by atoms with van der Waals surface area (Å²) in [6, 6.07) is 5.72. The van der Waals surface area contributed by atoms with Crippen LogP contribution in [0.1, 0.15) is 20.0 Å². The molecule has 2 aromatic rings. The first-order chi connectivity index (χ1) is 8.99. The monoisotopic (exact) mass is 296 g/mol. The van der Waals surface area contributed by atoms with Crippen molar-refractivity contribution < 1.29 is 14.7 Å². The molecule has 0 unspecified atom stereocenters. The molecular formula is C12H9ClN2O3S. The normalized spacial score (nSPS) is 10.2. The van der Waals surface area contributed by atoms with Crippen molar-refractivity contribution in [1.82, 2.24) is 0 Å². The Balaban J connectivity index is 2.23. The van der Waals surface area contributed by atoms with E-state index < -0.39 is 5.97 Å². The van der Waals surface area contributed by atoms with Gasteiger partial charge in [0.15, 0.2) is 0 Å². The number of carbonyl (C=O) groups excluding carboxylic acids is 1. The van der Waals surface area contributed by atoms with Crippen LogP contribution in [0.3, 0.4) is 0 Å². The summed E-state index contributed by atoms with van der Waals surface area (Å²) in [5, 5.41) is 13.5. The second kappa shape index (κ2) is 5.29. The highest BCUT2D eigenvalue weighted by Gasteiger charge is 2.14. The lowest BCUT2D eigenvalue weighted by Crippen LogP contribution is -2.12. The standard InChI is InChI=1S/C12H9ClN2O3S/c13-7-3-4-19-10(7)11(16)15-9-2-1-6(12(17)18)5-8(9)14/h1-5H,14H2,(H,15,16)(H,17,18). The van der Waals surface area contributed by atoms with Gasteiger partial charge in [-0.05, 0) is 29.6 Å². The van der Waals surface area contributed by atoms with E-state index in [1.54, 1.807) is 11.4 Å². The van der Waals surface area contributed by atoms with Gasteiger partial charge in [-0.15, -0.1) is 11.3 Å². The average Bonchev–Trinajstić information content (AvgIpc) is 2.77. The molecule has 0 saturated heterocycles. The molecule has 1 aromatic carbocycles. The van der Waals surface area contributed by atoms with Crippen LogP contribution in [0.15, 0.2) is 29.6 Å². The number of rotatable bonds is 3. The number of carboxylic acid groups (broad SMARTS) is 1. The van der Waals surface area contributed by atoms with Gasteiger partial charge in [0.2, 0.25) is 0 Å². The summed E-state index contributed by atoms with van der Waals surface area (Å²) in [6.07, 6.45) is 0. The number of carbonyl (C=O) groups is 2. The maximum atomic E-state index is 11.9. The molecule has 1 amide bonds. The van der Waals surface area contributed by atoms with Crippen molar-refractivity contribution in [2.24, 2.45) is 0 Å². The Morgan fingerprint density at radius 3 is 2.58 bits per heavy atom. The maximum Gasteiger partial charge on any atom is 0.335 e. The van der Waals surface area contributed by atoms with Crippen LogP contribution in [0.4, 0.5) is 11.4 Å². The van der Waals surface area contributed by atoms with Crippen LogP contribution < -0.4 is 11.1 Å². The van der Waals surface area contributed by atoms with Crippen molar-refractivity contribution in [3.05, 3.63) is 45.1 Å². The molecule has 0 fully saturated rings. The Bertz CT molecular complexity index is 654. The second-order valence-electron chi connectivity index (χ2n) is 3.66. The summed E-state index contributed by atoms with van der Waals surface area (Å²) in [7, 11) is 0. The first kappa shape index (κ1) is 13.4. The van der Waals surface area contributed by atoms with E-state index in [0.717, 1.165) is 0 Å². The Hall–Kier alpha value is -2.05. The quantitative estimate of drug-likeness (QED) is 0.759. The SMILES string of the molecule is Nc1cc(C(=O)O)ccc1NC(=O)c1sccc1Cl. The first-order valence-corrected chi connectivity index (χ1v) is 6.42. The number of halogens is 1. The molecule has 0 aliphatic heterocycles. The summed E-state index contributed by atoms with van der Waals surface area (Å²) in [5.74, 6) is -1.46. The van der Waals surface area contributed by atoms with Gasteiger partial charge in [0.25, 0.3) is 5.91 Å². The number of nitrogens with one attached hydrogen (secondary N) is 1. The van der Waals surface area contributed by atoms with Crippen LogP contribution in [0, 0.1) is 0 Å². The van der Waals surface area contributed by atoms with Gasteiger partial charge in [0.05, 0.1) is 22.0 Å². The molecule has 0 radical (unpaired) electrons. The van der Waals surface area contributed by atoms with Crippen molar-refractivity contribution >= 4 is 46.2 Å². The van der Waals surface area contributed by atoms with Crippen LogP contribution in [-0.2, 0) is 0 Å².